The van der Waals surface area contributed by atoms with Crippen molar-refractivity contribution in [2.75, 3.05) is 13.7 Å². The number of thiazole rings is 1. The molecular formula is C8H13BrN2O3S. The largest absolute Gasteiger partial charge is 0.481 e. The Hall–Kier alpha value is -0.660. The Labute approximate surface area is 102 Å². The fourth-order valence-electron chi connectivity index (χ4n) is 1.10. The van der Waals surface area contributed by atoms with E-state index in [0.29, 0.717) is 23.6 Å². The minimum absolute atomic E-state index is 0. The molecule has 0 spiro atoms. The maximum absolute atomic E-state index is 10.5. The van der Waals surface area contributed by atoms with Crippen molar-refractivity contribution in [2.24, 2.45) is 0 Å². The second kappa shape index (κ2) is 6.76. The molecule has 1 rings (SSSR count). The average Bonchev–Trinajstić information content (AvgIpc) is 2.44. The Morgan fingerprint density at radius 1 is 1.73 bits per heavy atom. The minimum atomic E-state index is -0.881. The fraction of sp³-hybridized carbons (Fsp3) is 0.500. The van der Waals surface area contributed by atoms with Gasteiger partial charge in [-0.1, -0.05) is 0 Å². The van der Waals surface area contributed by atoms with Gasteiger partial charge in [-0.05, 0) is 0 Å². The van der Waals surface area contributed by atoms with Crippen LogP contribution in [0.15, 0.2) is 5.38 Å². The first-order valence-corrected chi connectivity index (χ1v) is 4.95. The highest BCUT2D eigenvalue weighted by molar-refractivity contribution is 8.93. The molecule has 5 nitrogen and oxygen atoms in total. The van der Waals surface area contributed by atoms with Gasteiger partial charge in [-0.15, -0.1) is 28.3 Å². The predicted octanol–water partition coefficient (Wildman–Crippen LogP) is 0.880. The number of hydrogen-bond donors (Lipinski definition) is 2. The molecule has 86 valence electrons. The zero-order valence-electron chi connectivity index (χ0n) is 8.23. The monoisotopic (exact) mass is 296 g/mol. The fourth-order valence-corrected chi connectivity index (χ4v) is 1.90. The van der Waals surface area contributed by atoms with E-state index < -0.39 is 5.97 Å². The van der Waals surface area contributed by atoms with Crippen LogP contribution in [0.1, 0.15) is 5.69 Å². The summed E-state index contributed by atoms with van der Waals surface area (Å²) in [6, 6.07) is 0. The van der Waals surface area contributed by atoms with Crippen molar-refractivity contribution < 1.29 is 14.6 Å². The van der Waals surface area contributed by atoms with Crippen LogP contribution < -0.4 is 4.80 Å². The Morgan fingerprint density at radius 2 is 2.40 bits per heavy atom. The van der Waals surface area contributed by atoms with Crippen LogP contribution in [-0.2, 0) is 22.5 Å². The van der Waals surface area contributed by atoms with Gasteiger partial charge in [0.2, 0.25) is 0 Å². The van der Waals surface area contributed by atoms with Crippen molar-refractivity contribution in [1.29, 1.82) is 5.41 Å². The molecule has 0 atom stereocenters. The first-order valence-electron chi connectivity index (χ1n) is 4.07. The summed E-state index contributed by atoms with van der Waals surface area (Å²) in [6.45, 7) is 1.02. The number of ether oxygens (including phenoxy) is 1. The van der Waals surface area contributed by atoms with Crippen LogP contribution in [0.5, 0.6) is 0 Å². The van der Waals surface area contributed by atoms with Crippen molar-refractivity contribution >= 4 is 34.3 Å². The number of nitrogens with one attached hydrogen (secondary N) is 1. The number of hydrogen-bond acceptors (Lipinski definition) is 4. The van der Waals surface area contributed by atoms with Crippen molar-refractivity contribution in [3.8, 4) is 0 Å². The molecule has 2 N–H and O–H groups in total. The maximum Gasteiger partial charge on any atom is 0.309 e. The van der Waals surface area contributed by atoms with Crippen LogP contribution in [-0.4, -0.2) is 29.4 Å². The molecule has 0 aromatic carbocycles. The molecule has 0 bridgehead atoms. The van der Waals surface area contributed by atoms with Gasteiger partial charge in [-0.25, -0.2) is 0 Å². The first-order chi connectivity index (χ1) is 6.65. The van der Waals surface area contributed by atoms with Gasteiger partial charge in [0.15, 0.2) is 4.80 Å². The van der Waals surface area contributed by atoms with E-state index in [2.05, 4.69) is 0 Å². The number of aromatic nitrogens is 1. The molecule has 0 aliphatic rings. The third kappa shape index (κ3) is 4.15. The smallest absolute Gasteiger partial charge is 0.309 e. The van der Waals surface area contributed by atoms with Gasteiger partial charge in [0.05, 0.1) is 13.0 Å². The first kappa shape index (κ1) is 14.3. The van der Waals surface area contributed by atoms with Crippen LogP contribution >= 0.6 is 28.3 Å². The summed E-state index contributed by atoms with van der Waals surface area (Å²) in [5.41, 5.74) is 0.657. The van der Waals surface area contributed by atoms with Gasteiger partial charge in [-0.2, -0.15) is 0 Å². The average molecular weight is 297 g/mol. The van der Waals surface area contributed by atoms with Gasteiger partial charge in [-0.3, -0.25) is 10.2 Å². The van der Waals surface area contributed by atoms with Crippen molar-refractivity contribution in [2.45, 2.75) is 13.0 Å². The molecule has 0 fully saturated rings. The quantitative estimate of drug-likeness (QED) is 0.847. The highest BCUT2D eigenvalue weighted by Gasteiger charge is 2.07. The predicted molar refractivity (Wildman–Crippen MR) is 61.7 cm³/mol. The van der Waals surface area contributed by atoms with E-state index in [1.54, 1.807) is 17.1 Å². The van der Waals surface area contributed by atoms with Gasteiger partial charge < -0.3 is 14.4 Å². The highest BCUT2D eigenvalue weighted by Crippen LogP contribution is 2.02. The highest BCUT2D eigenvalue weighted by atomic mass is 79.9. The third-order valence-electron chi connectivity index (χ3n) is 1.75. The third-order valence-corrected chi connectivity index (χ3v) is 2.58. The number of carboxylic acids is 1. The number of carbonyl (C=O) groups is 1. The number of carboxylic acid groups (broad SMARTS) is 1. The van der Waals surface area contributed by atoms with E-state index in [-0.39, 0.29) is 23.4 Å². The Kier molecular flexibility index (Phi) is 6.46. The molecule has 0 saturated carbocycles. The molecule has 15 heavy (non-hydrogen) atoms. The van der Waals surface area contributed by atoms with E-state index in [4.69, 9.17) is 15.3 Å². The summed E-state index contributed by atoms with van der Waals surface area (Å²) in [4.78, 5) is 10.9. The van der Waals surface area contributed by atoms with Crippen LogP contribution in [0.4, 0.5) is 0 Å². The van der Waals surface area contributed by atoms with E-state index in [9.17, 15) is 4.79 Å². The molecular weight excluding hydrogens is 284 g/mol. The second-order valence-corrected chi connectivity index (χ2v) is 3.61. The van der Waals surface area contributed by atoms with Gasteiger partial charge in [0.1, 0.15) is 0 Å². The lowest BCUT2D eigenvalue weighted by molar-refractivity contribution is -0.136. The molecule has 0 saturated heterocycles. The van der Waals surface area contributed by atoms with E-state index in [0.717, 1.165) is 0 Å². The SMILES string of the molecule is Br.COCCn1c(CC(=O)O)csc1=N. The van der Waals surface area contributed by atoms with E-state index in [1.165, 1.54) is 11.3 Å². The molecule has 1 aromatic rings. The summed E-state index contributed by atoms with van der Waals surface area (Å²) in [5, 5.41) is 17.9. The molecule has 0 aliphatic heterocycles. The minimum Gasteiger partial charge on any atom is -0.481 e. The van der Waals surface area contributed by atoms with Gasteiger partial charge >= 0.3 is 5.97 Å². The Balaban J connectivity index is 0.00000196. The zero-order valence-corrected chi connectivity index (χ0v) is 10.8. The van der Waals surface area contributed by atoms with E-state index in [1.807, 2.05) is 0 Å². The van der Waals surface area contributed by atoms with Crippen molar-refractivity contribution in [3.63, 3.8) is 0 Å². The topological polar surface area (TPSA) is 75.3 Å². The van der Waals surface area contributed by atoms with Crippen molar-refractivity contribution in [3.05, 3.63) is 15.9 Å². The van der Waals surface area contributed by atoms with E-state index >= 15 is 0 Å². The maximum atomic E-state index is 10.5. The lowest BCUT2D eigenvalue weighted by Gasteiger charge is -2.05. The van der Waals surface area contributed by atoms with Crippen LogP contribution in [0.2, 0.25) is 0 Å². The molecule has 7 heteroatoms. The number of nitrogens with zero attached hydrogens (tertiary/aromatic N) is 1. The second-order valence-electron chi connectivity index (χ2n) is 2.75. The molecule has 1 aromatic heterocycles. The van der Waals surface area contributed by atoms with Gasteiger partial charge in [0.25, 0.3) is 0 Å². The lowest BCUT2D eigenvalue weighted by Crippen LogP contribution is -2.20. The summed E-state index contributed by atoms with van der Waals surface area (Å²) in [7, 11) is 1.58. The molecule has 0 amide bonds. The van der Waals surface area contributed by atoms with Crippen LogP contribution in [0.3, 0.4) is 0 Å². The molecule has 0 radical (unpaired) electrons. The zero-order chi connectivity index (χ0) is 10.6. The molecule has 0 aliphatic carbocycles. The number of rotatable bonds is 5. The summed E-state index contributed by atoms with van der Waals surface area (Å²) in [5.74, 6) is -0.881. The van der Waals surface area contributed by atoms with Crippen LogP contribution in [0, 0.1) is 5.41 Å². The standard InChI is InChI=1S/C8H12N2O3S.BrH/c1-13-3-2-10-6(4-7(11)12)5-14-8(10)9;/h5,9H,2-4H2,1H3,(H,11,12);1H. The van der Waals surface area contributed by atoms with Crippen molar-refractivity contribution in [1.82, 2.24) is 4.57 Å². The Morgan fingerprint density at radius 3 is 2.93 bits per heavy atom. The number of aliphatic carboxylic acids is 1. The normalized spacial score (nSPS) is 9.67. The van der Waals surface area contributed by atoms with Crippen LogP contribution in [0.25, 0.3) is 0 Å². The number of halogens is 1. The molecule has 1 heterocycles. The summed E-state index contributed by atoms with van der Waals surface area (Å²) in [6.07, 6.45) is -0.0426. The Bertz CT molecular complexity index is 374. The summed E-state index contributed by atoms with van der Waals surface area (Å²) >= 11 is 1.23. The lowest BCUT2D eigenvalue weighted by atomic mass is 10.3. The molecule has 0 unspecified atom stereocenters. The summed E-state index contributed by atoms with van der Waals surface area (Å²) < 4.78 is 6.54. The van der Waals surface area contributed by atoms with Gasteiger partial charge in [0, 0.05) is 24.7 Å². The number of methoxy groups -OCH3 is 1.